The van der Waals surface area contributed by atoms with Crippen LogP contribution in [0.5, 0.6) is 11.5 Å². The summed E-state index contributed by atoms with van der Waals surface area (Å²) < 4.78 is 16.7. The van der Waals surface area contributed by atoms with Crippen LogP contribution >= 0.6 is 0 Å². The van der Waals surface area contributed by atoms with Gasteiger partial charge in [-0.25, -0.2) is 14.8 Å². The van der Waals surface area contributed by atoms with E-state index in [9.17, 15) is 15.3 Å². The second-order valence-electron chi connectivity index (χ2n) is 13.0. The molecule has 4 aromatic rings. The molecule has 1 unspecified atom stereocenters. The van der Waals surface area contributed by atoms with Crippen molar-refractivity contribution in [2.75, 3.05) is 37.5 Å². The number of fused-ring (bicyclic) bond motifs is 1. The minimum Gasteiger partial charge on any atom is -0.497 e. The molecule has 0 saturated carbocycles. The molecule has 0 radical (unpaired) electrons. The van der Waals surface area contributed by atoms with Crippen molar-refractivity contribution < 1.29 is 19.0 Å². The fraction of sp³-hybridized carbons (Fsp3) is 0.324. The molecule has 1 aliphatic rings. The number of amides is 1. The fourth-order valence-electron chi connectivity index (χ4n) is 5.75. The summed E-state index contributed by atoms with van der Waals surface area (Å²) in [6.45, 7) is 10.7. The first kappa shape index (κ1) is 33.7. The number of nitriles is 2. The van der Waals surface area contributed by atoms with E-state index >= 15 is 0 Å². The zero-order valence-electron chi connectivity index (χ0n) is 28.3. The molecule has 0 saturated heterocycles. The lowest BCUT2D eigenvalue weighted by Gasteiger charge is -2.28. The molecule has 0 spiro atoms. The third kappa shape index (κ3) is 7.17. The van der Waals surface area contributed by atoms with Gasteiger partial charge < -0.3 is 24.8 Å². The van der Waals surface area contributed by atoms with Crippen LogP contribution in [0.15, 0.2) is 60.8 Å². The van der Waals surface area contributed by atoms with Gasteiger partial charge in [-0.3, -0.25) is 4.90 Å². The molecule has 0 bridgehead atoms. The topological polar surface area (TPSA) is 145 Å². The van der Waals surface area contributed by atoms with Gasteiger partial charge in [-0.05, 0) is 75.2 Å². The summed E-state index contributed by atoms with van der Waals surface area (Å²) >= 11 is 0. The summed E-state index contributed by atoms with van der Waals surface area (Å²) in [5, 5.41) is 26.5. The van der Waals surface area contributed by atoms with Gasteiger partial charge in [-0.15, -0.1) is 0 Å². The Labute approximate surface area is 281 Å². The predicted molar refractivity (Wildman–Crippen MR) is 184 cm³/mol. The third-order valence-electron chi connectivity index (χ3n) is 8.16. The van der Waals surface area contributed by atoms with Crippen molar-refractivity contribution in [2.24, 2.45) is 0 Å². The van der Waals surface area contributed by atoms with Crippen molar-refractivity contribution in [1.82, 2.24) is 15.3 Å². The molecule has 2 heterocycles. The van der Waals surface area contributed by atoms with Crippen LogP contribution in [0.4, 0.5) is 22.1 Å². The SMILES string of the molecule is COc1ccc(CNCC2(C)CN(C(=O)OC(C)(C)C)c3c(C#N)cc(-c4ccnc(Nc5cc(C#N)ccc5C)n4)cc32)c(OC)c1. The number of carbonyl (C=O) groups is 1. The van der Waals surface area contributed by atoms with Crippen molar-refractivity contribution in [2.45, 2.75) is 52.2 Å². The Kier molecular flexibility index (Phi) is 9.55. The van der Waals surface area contributed by atoms with Crippen molar-refractivity contribution in [3.05, 3.63) is 88.6 Å². The molecule has 48 heavy (non-hydrogen) atoms. The zero-order valence-corrected chi connectivity index (χ0v) is 28.3. The molecular weight excluding hydrogens is 606 g/mol. The summed E-state index contributed by atoms with van der Waals surface area (Å²) in [4.78, 5) is 24.3. The van der Waals surface area contributed by atoms with Crippen LogP contribution in [0, 0.1) is 29.6 Å². The first-order valence-electron chi connectivity index (χ1n) is 15.5. The lowest BCUT2D eigenvalue weighted by atomic mass is 9.82. The van der Waals surface area contributed by atoms with Crippen LogP contribution in [0.3, 0.4) is 0 Å². The lowest BCUT2D eigenvalue weighted by molar-refractivity contribution is 0.0578. The van der Waals surface area contributed by atoms with Gasteiger partial charge in [0.05, 0.1) is 42.8 Å². The largest absolute Gasteiger partial charge is 0.497 e. The molecule has 11 nitrogen and oxygen atoms in total. The van der Waals surface area contributed by atoms with E-state index in [4.69, 9.17) is 19.2 Å². The number of hydrogen-bond acceptors (Lipinski definition) is 10. The van der Waals surface area contributed by atoms with Gasteiger partial charge in [0.15, 0.2) is 0 Å². The van der Waals surface area contributed by atoms with E-state index in [1.54, 1.807) is 49.6 Å². The van der Waals surface area contributed by atoms with Crippen LogP contribution < -0.4 is 25.0 Å². The first-order chi connectivity index (χ1) is 22.9. The Bertz CT molecular complexity index is 1940. The number of carbonyl (C=O) groups excluding carboxylic acids is 1. The summed E-state index contributed by atoms with van der Waals surface area (Å²) in [7, 11) is 3.23. The average molecular weight is 646 g/mol. The van der Waals surface area contributed by atoms with Crippen LogP contribution in [0.2, 0.25) is 0 Å². The maximum atomic E-state index is 13.6. The van der Waals surface area contributed by atoms with Gasteiger partial charge in [0, 0.05) is 54.1 Å². The number of rotatable bonds is 9. The van der Waals surface area contributed by atoms with Gasteiger partial charge in [0.2, 0.25) is 5.95 Å². The number of benzene rings is 3. The molecule has 0 fully saturated rings. The van der Waals surface area contributed by atoms with Gasteiger partial charge in [-0.2, -0.15) is 10.5 Å². The molecule has 1 atom stereocenters. The molecule has 1 aromatic heterocycles. The summed E-state index contributed by atoms with van der Waals surface area (Å²) in [6.07, 6.45) is 1.13. The van der Waals surface area contributed by atoms with Crippen LogP contribution in [-0.2, 0) is 16.7 Å². The van der Waals surface area contributed by atoms with Crippen LogP contribution in [0.25, 0.3) is 11.3 Å². The van der Waals surface area contributed by atoms with E-state index in [1.807, 2.05) is 58.0 Å². The van der Waals surface area contributed by atoms with Crippen molar-refractivity contribution in [3.8, 4) is 34.9 Å². The van der Waals surface area contributed by atoms with Crippen LogP contribution in [-0.4, -0.2) is 49.0 Å². The molecule has 1 aliphatic heterocycles. The maximum Gasteiger partial charge on any atom is 0.414 e. The Morgan fingerprint density at radius 1 is 1.04 bits per heavy atom. The normalized spacial score (nSPS) is 15.2. The Balaban J connectivity index is 1.52. The third-order valence-corrected chi connectivity index (χ3v) is 8.16. The predicted octanol–water partition coefficient (Wildman–Crippen LogP) is 6.76. The summed E-state index contributed by atoms with van der Waals surface area (Å²) in [6, 6.07) is 21.0. The number of nitrogens with zero attached hydrogens (tertiary/aromatic N) is 5. The second kappa shape index (κ2) is 13.6. The Hall–Kier alpha value is -5.65. The molecule has 2 N–H and O–H groups in total. The highest BCUT2D eigenvalue weighted by Gasteiger charge is 2.44. The van der Waals surface area contributed by atoms with Gasteiger partial charge in [0.1, 0.15) is 23.2 Å². The average Bonchev–Trinajstić information content (AvgIpc) is 3.37. The van der Waals surface area contributed by atoms with E-state index in [1.165, 1.54) is 0 Å². The van der Waals surface area contributed by atoms with Gasteiger partial charge in [0.25, 0.3) is 0 Å². The molecule has 0 aliphatic carbocycles. The summed E-state index contributed by atoms with van der Waals surface area (Å²) in [5.41, 5.74) is 4.78. The maximum absolute atomic E-state index is 13.6. The number of hydrogen-bond donors (Lipinski definition) is 2. The van der Waals surface area contributed by atoms with E-state index in [2.05, 4.69) is 34.7 Å². The smallest absolute Gasteiger partial charge is 0.414 e. The highest BCUT2D eigenvalue weighted by molar-refractivity contribution is 5.95. The van der Waals surface area contributed by atoms with Crippen molar-refractivity contribution >= 4 is 23.4 Å². The minimum atomic E-state index is -0.721. The van der Waals surface area contributed by atoms with Crippen molar-refractivity contribution in [1.29, 1.82) is 10.5 Å². The van der Waals surface area contributed by atoms with E-state index in [0.29, 0.717) is 65.2 Å². The summed E-state index contributed by atoms with van der Waals surface area (Å²) in [5.74, 6) is 1.75. The number of anilines is 3. The van der Waals surface area contributed by atoms with Gasteiger partial charge >= 0.3 is 6.09 Å². The van der Waals surface area contributed by atoms with Gasteiger partial charge in [-0.1, -0.05) is 19.1 Å². The van der Waals surface area contributed by atoms with E-state index in [-0.39, 0.29) is 0 Å². The second-order valence-corrected chi connectivity index (χ2v) is 13.0. The standard InChI is InChI=1S/C37H39N7O4/c1-23-8-9-24(18-38)14-31(23)43-34-41-13-12-30(42-34)26-15-27(19-39)33-29(16-26)37(5,22-44(33)35(45)48-36(2,3)4)21-40-20-25-10-11-28(46-6)17-32(25)47-7/h8-17,40H,20-22H2,1-7H3,(H,41,42,43). The quantitative estimate of drug-likeness (QED) is 0.200. The Morgan fingerprint density at radius 2 is 1.83 bits per heavy atom. The van der Waals surface area contributed by atoms with Crippen LogP contribution in [0.1, 0.15) is 55.5 Å². The first-order valence-corrected chi connectivity index (χ1v) is 15.5. The molecular formula is C37H39N7O4. The molecule has 11 heteroatoms. The molecule has 246 valence electrons. The minimum absolute atomic E-state index is 0.299. The fourth-order valence-corrected chi connectivity index (χ4v) is 5.75. The molecule has 3 aromatic carbocycles. The molecule has 5 rings (SSSR count). The molecule has 1 amide bonds. The number of methoxy groups -OCH3 is 2. The lowest BCUT2D eigenvalue weighted by Crippen LogP contribution is -2.43. The Morgan fingerprint density at radius 3 is 2.52 bits per heavy atom. The number of nitrogens with one attached hydrogen (secondary N) is 2. The van der Waals surface area contributed by atoms with E-state index in [0.717, 1.165) is 22.4 Å². The highest BCUT2D eigenvalue weighted by Crippen LogP contribution is 2.45. The number of ether oxygens (including phenoxy) is 3. The highest BCUT2D eigenvalue weighted by atomic mass is 16.6. The van der Waals surface area contributed by atoms with E-state index < -0.39 is 17.1 Å². The monoisotopic (exact) mass is 645 g/mol. The zero-order chi connectivity index (χ0) is 34.6. The number of aryl methyl sites for hydroxylation is 1. The van der Waals surface area contributed by atoms with Crippen molar-refractivity contribution in [3.63, 3.8) is 0 Å². The number of aromatic nitrogens is 2.